The number of carbonyl (C=O) groups is 1. The molecule has 0 radical (unpaired) electrons. The van der Waals surface area contributed by atoms with Crippen LogP contribution in [0.2, 0.25) is 0 Å². The number of carbonyl (C=O) groups excluding carboxylic acids is 1. The molecule has 0 N–H and O–H groups in total. The Balaban J connectivity index is 1.18. The van der Waals surface area contributed by atoms with E-state index in [4.69, 9.17) is 4.74 Å². The van der Waals surface area contributed by atoms with Gasteiger partial charge in [-0.05, 0) is 30.7 Å². The van der Waals surface area contributed by atoms with Gasteiger partial charge in [0, 0.05) is 50.1 Å². The minimum atomic E-state index is 0.0670. The molecule has 0 unspecified atom stereocenters. The maximum atomic E-state index is 12.8. The van der Waals surface area contributed by atoms with Gasteiger partial charge in [0.05, 0.1) is 18.3 Å². The molecule has 1 amide bonds. The minimum absolute atomic E-state index is 0.0670. The molecule has 1 atom stereocenters. The van der Waals surface area contributed by atoms with Crippen LogP contribution >= 0.6 is 0 Å². The average Bonchev–Trinajstić information content (AvgIpc) is 3.43. The van der Waals surface area contributed by atoms with Gasteiger partial charge >= 0.3 is 0 Å². The number of hydrogen-bond donors (Lipinski definition) is 0. The fourth-order valence-corrected chi connectivity index (χ4v) is 4.14. The Bertz CT molecular complexity index is 1010. The van der Waals surface area contributed by atoms with E-state index < -0.39 is 0 Å². The van der Waals surface area contributed by atoms with E-state index >= 15 is 0 Å². The molecular weight excluding hydrogens is 378 g/mol. The second kappa shape index (κ2) is 7.91. The van der Waals surface area contributed by atoms with Crippen LogP contribution in [-0.4, -0.2) is 65.2 Å². The molecule has 3 aromatic rings. The van der Waals surface area contributed by atoms with Crippen LogP contribution in [0.4, 0.5) is 5.69 Å². The molecule has 0 aliphatic carbocycles. The normalized spacial score (nSPS) is 19.2. The fraction of sp³-hybridized carbons (Fsp3) is 0.348. The molecule has 2 aliphatic heterocycles. The van der Waals surface area contributed by atoms with E-state index in [1.807, 2.05) is 70.4 Å². The van der Waals surface area contributed by atoms with Gasteiger partial charge in [0.2, 0.25) is 0 Å². The highest BCUT2D eigenvalue weighted by atomic mass is 16.5. The quantitative estimate of drug-likeness (QED) is 0.656. The predicted molar refractivity (Wildman–Crippen MR) is 114 cm³/mol. The summed E-state index contributed by atoms with van der Waals surface area (Å²) in [5.41, 5.74) is 3.77. The van der Waals surface area contributed by atoms with Gasteiger partial charge in [-0.25, -0.2) is 4.68 Å². The second-order valence-corrected chi connectivity index (χ2v) is 7.95. The number of aromatic nitrogens is 3. The third-order valence-corrected chi connectivity index (χ3v) is 6.06. The Morgan fingerprint density at radius 1 is 1.03 bits per heavy atom. The van der Waals surface area contributed by atoms with E-state index in [9.17, 15) is 4.79 Å². The largest absolute Gasteiger partial charge is 0.380 e. The van der Waals surface area contributed by atoms with Crippen LogP contribution in [0.1, 0.15) is 22.8 Å². The van der Waals surface area contributed by atoms with Crippen molar-refractivity contribution in [2.45, 2.75) is 18.6 Å². The van der Waals surface area contributed by atoms with E-state index in [1.165, 1.54) is 0 Å². The number of amides is 1. The Hall–Kier alpha value is -3.19. The molecule has 0 saturated carbocycles. The number of hydrogen-bond acceptors (Lipinski definition) is 5. The summed E-state index contributed by atoms with van der Waals surface area (Å²) >= 11 is 0. The molecule has 2 fully saturated rings. The van der Waals surface area contributed by atoms with Crippen molar-refractivity contribution < 1.29 is 9.53 Å². The standard InChI is InChI=1S/C23H25N5O2/c1-30-21-11-12-26(15-21)19-9-7-18(8-10-19)23(29)27-13-20(14-27)28-16-22(24-25-28)17-5-3-2-4-6-17/h2-10,16,20-21H,11-15H2,1H3/t21-/m0/s1. The Kier molecular flexibility index (Phi) is 4.96. The van der Waals surface area contributed by atoms with Gasteiger partial charge in [0.1, 0.15) is 5.69 Å². The average molecular weight is 403 g/mol. The number of ether oxygens (including phenoxy) is 1. The van der Waals surface area contributed by atoms with E-state index in [1.54, 1.807) is 7.11 Å². The third-order valence-electron chi connectivity index (χ3n) is 6.06. The SMILES string of the molecule is CO[C@H]1CCN(c2ccc(C(=O)N3CC(n4cc(-c5ccccc5)nn4)C3)cc2)C1. The summed E-state index contributed by atoms with van der Waals surface area (Å²) in [5.74, 6) is 0.0670. The van der Waals surface area contributed by atoms with Gasteiger partial charge in [-0.15, -0.1) is 5.10 Å². The smallest absolute Gasteiger partial charge is 0.254 e. The molecule has 0 spiro atoms. The molecule has 30 heavy (non-hydrogen) atoms. The van der Waals surface area contributed by atoms with Gasteiger partial charge in [0.25, 0.3) is 5.91 Å². The van der Waals surface area contributed by atoms with E-state index in [-0.39, 0.29) is 11.9 Å². The lowest BCUT2D eigenvalue weighted by molar-refractivity contribution is 0.0498. The summed E-state index contributed by atoms with van der Waals surface area (Å²) in [4.78, 5) is 17.0. The summed E-state index contributed by atoms with van der Waals surface area (Å²) in [6.07, 6.45) is 3.30. The van der Waals surface area contributed by atoms with Gasteiger partial charge < -0.3 is 14.5 Å². The van der Waals surface area contributed by atoms with E-state index in [0.29, 0.717) is 19.2 Å². The summed E-state index contributed by atoms with van der Waals surface area (Å²) in [6, 6.07) is 18.1. The number of benzene rings is 2. The molecule has 2 aromatic carbocycles. The number of anilines is 1. The summed E-state index contributed by atoms with van der Waals surface area (Å²) < 4.78 is 7.31. The van der Waals surface area contributed by atoms with Crippen molar-refractivity contribution in [3.05, 3.63) is 66.4 Å². The highest BCUT2D eigenvalue weighted by Gasteiger charge is 2.33. The lowest BCUT2D eigenvalue weighted by atomic mass is 10.1. The molecule has 2 aliphatic rings. The fourth-order valence-electron chi connectivity index (χ4n) is 4.14. The van der Waals surface area contributed by atoms with Crippen LogP contribution in [0.25, 0.3) is 11.3 Å². The highest BCUT2D eigenvalue weighted by molar-refractivity contribution is 5.95. The molecular formula is C23H25N5O2. The molecule has 5 rings (SSSR count). The Labute approximate surface area is 175 Å². The molecule has 154 valence electrons. The van der Waals surface area contributed by atoms with Gasteiger partial charge in [0.15, 0.2) is 0 Å². The third kappa shape index (κ3) is 3.57. The first-order valence-corrected chi connectivity index (χ1v) is 10.4. The summed E-state index contributed by atoms with van der Waals surface area (Å²) in [6.45, 7) is 3.20. The minimum Gasteiger partial charge on any atom is -0.380 e. The Morgan fingerprint density at radius 2 is 1.80 bits per heavy atom. The van der Waals surface area contributed by atoms with Crippen LogP contribution in [-0.2, 0) is 4.74 Å². The number of nitrogens with zero attached hydrogens (tertiary/aromatic N) is 5. The molecule has 2 saturated heterocycles. The van der Waals surface area contributed by atoms with Crippen LogP contribution in [0.5, 0.6) is 0 Å². The maximum absolute atomic E-state index is 12.8. The van der Waals surface area contributed by atoms with Crippen molar-refractivity contribution in [2.75, 3.05) is 38.2 Å². The van der Waals surface area contributed by atoms with Crippen molar-refractivity contribution in [1.29, 1.82) is 0 Å². The highest BCUT2D eigenvalue weighted by Crippen LogP contribution is 2.26. The zero-order valence-corrected chi connectivity index (χ0v) is 17.0. The molecule has 7 heteroatoms. The van der Waals surface area contributed by atoms with Crippen molar-refractivity contribution >= 4 is 11.6 Å². The zero-order chi connectivity index (χ0) is 20.5. The number of likely N-dealkylation sites (tertiary alicyclic amines) is 1. The van der Waals surface area contributed by atoms with Crippen molar-refractivity contribution in [3.63, 3.8) is 0 Å². The monoisotopic (exact) mass is 403 g/mol. The molecule has 7 nitrogen and oxygen atoms in total. The number of methoxy groups -OCH3 is 1. The van der Waals surface area contributed by atoms with Gasteiger partial charge in [-0.1, -0.05) is 35.5 Å². The first-order valence-electron chi connectivity index (χ1n) is 10.4. The van der Waals surface area contributed by atoms with Crippen LogP contribution < -0.4 is 4.90 Å². The first kappa shape index (κ1) is 18.8. The topological polar surface area (TPSA) is 63.5 Å². The molecule has 1 aromatic heterocycles. The van der Waals surface area contributed by atoms with Gasteiger partial charge in [-0.3, -0.25) is 4.79 Å². The lowest BCUT2D eigenvalue weighted by Crippen LogP contribution is -2.50. The Morgan fingerprint density at radius 3 is 2.50 bits per heavy atom. The van der Waals surface area contributed by atoms with Gasteiger partial charge in [-0.2, -0.15) is 0 Å². The van der Waals surface area contributed by atoms with Crippen molar-refractivity contribution in [2.24, 2.45) is 0 Å². The first-order chi connectivity index (χ1) is 14.7. The van der Waals surface area contributed by atoms with Crippen LogP contribution in [0.3, 0.4) is 0 Å². The molecule has 0 bridgehead atoms. The lowest BCUT2D eigenvalue weighted by Gasteiger charge is -2.38. The summed E-state index contributed by atoms with van der Waals surface area (Å²) in [5, 5.41) is 8.54. The summed E-state index contributed by atoms with van der Waals surface area (Å²) in [7, 11) is 1.76. The molecule has 3 heterocycles. The van der Waals surface area contributed by atoms with Crippen LogP contribution in [0, 0.1) is 0 Å². The van der Waals surface area contributed by atoms with Crippen molar-refractivity contribution in [1.82, 2.24) is 19.9 Å². The second-order valence-electron chi connectivity index (χ2n) is 7.95. The van der Waals surface area contributed by atoms with Crippen LogP contribution in [0.15, 0.2) is 60.8 Å². The predicted octanol–water partition coefficient (Wildman–Crippen LogP) is 2.87. The number of rotatable bonds is 5. The van der Waals surface area contributed by atoms with E-state index in [2.05, 4.69) is 15.2 Å². The van der Waals surface area contributed by atoms with E-state index in [0.717, 1.165) is 42.0 Å². The maximum Gasteiger partial charge on any atom is 0.254 e. The zero-order valence-electron chi connectivity index (χ0n) is 17.0. The van der Waals surface area contributed by atoms with Crippen molar-refractivity contribution in [3.8, 4) is 11.3 Å².